The van der Waals surface area contributed by atoms with Crippen LogP contribution < -0.4 is 15.4 Å². The van der Waals surface area contributed by atoms with E-state index in [9.17, 15) is 4.79 Å². The highest BCUT2D eigenvalue weighted by molar-refractivity contribution is 5.99. The maximum absolute atomic E-state index is 12.1. The van der Waals surface area contributed by atoms with Crippen molar-refractivity contribution < 1.29 is 14.1 Å². The second-order valence-electron chi connectivity index (χ2n) is 7.38. The van der Waals surface area contributed by atoms with Crippen molar-refractivity contribution in [3.63, 3.8) is 0 Å². The van der Waals surface area contributed by atoms with E-state index in [4.69, 9.17) is 9.26 Å². The van der Waals surface area contributed by atoms with Crippen molar-refractivity contribution in [2.24, 2.45) is 0 Å². The van der Waals surface area contributed by atoms with E-state index in [2.05, 4.69) is 20.8 Å². The number of aromatic nitrogens is 2. The molecule has 0 aliphatic rings. The van der Waals surface area contributed by atoms with Crippen LogP contribution in [0.2, 0.25) is 0 Å². The molecular formula is C21H24N4O3. The van der Waals surface area contributed by atoms with Crippen molar-refractivity contribution in [3.05, 3.63) is 66.2 Å². The van der Waals surface area contributed by atoms with Gasteiger partial charge in [0.25, 0.3) is 0 Å². The van der Waals surface area contributed by atoms with Crippen LogP contribution in [0.1, 0.15) is 32.1 Å². The molecule has 3 rings (SSSR count). The first kappa shape index (κ1) is 19.4. The fraction of sp³-hybridized carbons (Fsp3) is 0.286. The minimum atomic E-state index is -0.389. The molecule has 146 valence electrons. The van der Waals surface area contributed by atoms with Crippen LogP contribution in [0, 0.1) is 0 Å². The summed E-state index contributed by atoms with van der Waals surface area (Å²) in [4.78, 5) is 16.1. The lowest BCUT2D eigenvalue weighted by Gasteiger charge is -2.12. The van der Waals surface area contributed by atoms with E-state index >= 15 is 0 Å². The van der Waals surface area contributed by atoms with Gasteiger partial charge in [0, 0.05) is 36.0 Å². The minimum Gasteiger partial charge on any atom is -0.493 e. The molecule has 2 amide bonds. The zero-order valence-electron chi connectivity index (χ0n) is 16.2. The van der Waals surface area contributed by atoms with Crippen molar-refractivity contribution in [2.45, 2.75) is 32.6 Å². The second kappa shape index (κ2) is 8.56. The highest BCUT2D eigenvalue weighted by atomic mass is 16.5. The highest BCUT2D eigenvalue weighted by Crippen LogP contribution is 2.24. The van der Waals surface area contributed by atoms with E-state index < -0.39 is 0 Å². The van der Waals surface area contributed by atoms with Crippen molar-refractivity contribution in [1.82, 2.24) is 10.1 Å². The summed E-state index contributed by atoms with van der Waals surface area (Å²) in [6.07, 6.45) is 4.34. The first-order chi connectivity index (χ1) is 13.4. The number of rotatable bonds is 6. The third-order valence-corrected chi connectivity index (χ3v) is 4.01. The Bertz CT molecular complexity index is 899. The molecule has 1 aromatic carbocycles. The molecule has 0 atom stereocenters. The van der Waals surface area contributed by atoms with E-state index in [-0.39, 0.29) is 11.4 Å². The molecule has 0 saturated carbocycles. The summed E-state index contributed by atoms with van der Waals surface area (Å²) in [5, 5.41) is 9.28. The molecule has 7 nitrogen and oxygen atoms in total. The van der Waals surface area contributed by atoms with Crippen LogP contribution >= 0.6 is 0 Å². The van der Waals surface area contributed by atoms with Crippen LogP contribution in [0.15, 0.2) is 59.4 Å². The number of pyridine rings is 1. The third kappa shape index (κ3) is 5.57. The van der Waals surface area contributed by atoms with Gasteiger partial charge in [-0.3, -0.25) is 10.3 Å². The zero-order valence-corrected chi connectivity index (χ0v) is 16.2. The van der Waals surface area contributed by atoms with E-state index in [0.717, 1.165) is 12.2 Å². The highest BCUT2D eigenvalue weighted by Gasteiger charge is 2.20. The van der Waals surface area contributed by atoms with Gasteiger partial charge >= 0.3 is 6.03 Å². The molecule has 0 aliphatic carbocycles. The average Bonchev–Trinajstić information content (AvgIpc) is 3.13. The lowest BCUT2D eigenvalue weighted by Crippen LogP contribution is -2.19. The molecule has 2 aromatic heterocycles. The van der Waals surface area contributed by atoms with Gasteiger partial charge in [0.05, 0.1) is 6.61 Å². The van der Waals surface area contributed by atoms with Gasteiger partial charge in [0.1, 0.15) is 11.5 Å². The predicted molar refractivity (Wildman–Crippen MR) is 108 cm³/mol. The largest absolute Gasteiger partial charge is 0.493 e. The van der Waals surface area contributed by atoms with Crippen LogP contribution in [0.5, 0.6) is 5.75 Å². The Kier molecular flexibility index (Phi) is 5.93. The van der Waals surface area contributed by atoms with Gasteiger partial charge in [-0.15, -0.1) is 0 Å². The fourth-order valence-corrected chi connectivity index (χ4v) is 2.44. The molecular weight excluding hydrogens is 356 g/mol. The number of anilines is 2. The molecule has 7 heteroatoms. The number of carbonyl (C=O) groups is 1. The molecule has 3 aromatic rings. The molecule has 28 heavy (non-hydrogen) atoms. The van der Waals surface area contributed by atoms with Crippen LogP contribution in [0.25, 0.3) is 0 Å². The number of amides is 2. The number of carbonyl (C=O) groups excluding carboxylic acids is 1. The Hall–Kier alpha value is -3.35. The molecule has 0 aliphatic heterocycles. The van der Waals surface area contributed by atoms with Crippen molar-refractivity contribution in [2.75, 3.05) is 17.2 Å². The number of benzene rings is 1. The molecule has 0 radical (unpaired) electrons. The van der Waals surface area contributed by atoms with E-state index in [1.807, 2.05) is 45.0 Å². The number of urea groups is 1. The summed E-state index contributed by atoms with van der Waals surface area (Å²) in [6.45, 7) is 6.60. The van der Waals surface area contributed by atoms with Gasteiger partial charge in [-0.1, -0.05) is 25.9 Å². The number of ether oxygens (including phenoxy) is 1. The average molecular weight is 380 g/mol. The predicted octanol–water partition coefficient (Wildman–Crippen LogP) is 4.63. The molecule has 0 fully saturated rings. The Labute approximate surface area is 164 Å². The van der Waals surface area contributed by atoms with Gasteiger partial charge in [0.2, 0.25) is 0 Å². The van der Waals surface area contributed by atoms with E-state index in [0.29, 0.717) is 23.9 Å². The SMILES string of the molecule is CC(C)(C)c1cc(NC(=O)Nc2ccc(OCCc3ccncc3)cc2)no1. The Morgan fingerprint density at radius 3 is 2.43 bits per heavy atom. The molecule has 2 N–H and O–H groups in total. The second-order valence-corrected chi connectivity index (χ2v) is 7.38. The summed E-state index contributed by atoms with van der Waals surface area (Å²) in [5.74, 6) is 1.82. The van der Waals surface area contributed by atoms with Gasteiger partial charge < -0.3 is 14.6 Å². The molecule has 0 bridgehead atoms. The number of nitrogens with zero attached hydrogens (tertiary/aromatic N) is 2. The minimum absolute atomic E-state index is 0.170. The Morgan fingerprint density at radius 2 is 1.79 bits per heavy atom. The lowest BCUT2D eigenvalue weighted by atomic mass is 9.93. The first-order valence-corrected chi connectivity index (χ1v) is 9.07. The van der Waals surface area contributed by atoms with Crippen LogP contribution in [0.4, 0.5) is 16.3 Å². The summed E-state index contributed by atoms with van der Waals surface area (Å²) >= 11 is 0. The Morgan fingerprint density at radius 1 is 1.07 bits per heavy atom. The fourth-order valence-electron chi connectivity index (χ4n) is 2.44. The summed E-state index contributed by atoms with van der Waals surface area (Å²) in [5.41, 5.74) is 1.65. The number of hydrogen-bond acceptors (Lipinski definition) is 5. The van der Waals surface area contributed by atoms with Crippen LogP contribution in [-0.4, -0.2) is 22.8 Å². The first-order valence-electron chi connectivity index (χ1n) is 9.07. The summed E-state index contributed by atoms with van der Waals surface area (Å²) < 4.78 is 11.0. The maximum atomic E-state index is 12.1. The van der Waals surface area contributed by atoms with Crippen LogP contribution in [0.3, 0.4) is 0 Å². The lowest BCUT2D eigenvalue weighted by molar-refractivity contribution is 0.262. The molecule has 0 saturated heterocycles. The van der Waals surface area contributed by atoms with Crippen molar-refractivity contribution >= 4 is 17.5 Å². The maximum Gasteiger partial charge on any atom is 0.324 e. The molecule has 0 unspecified atom stereocenters. The molecule has 2 heterocycles. The van der Waals surface area contributed by atoms with E-state index in [1.54, 1.807) is 30.6 Å². The van der Waals surface area contributed by atoms with Crippen LogP contribution in [-0.2, 0) is 11.8 Å². The normalized spacial score (nSPS) is 11.1. The van der Waals surface area contributed by atoms with Crippen molar-refractivity contribution in [3.8, 4) is 5.75 Å². The van der Waals surface area contributed by atoms with Gasteiger partial charge in [-0.25, -0.2) is 4.79 Å². The van der Waals surface area contributed by atoms with Gasteiger partial charge in [-0.05, 0) is 42.0 Å². The third-order valence-electron chi connectivity index (χ3n) is 4.01. The van der Waals surface area contributed by atoms with E-state index in [1.165, 1.54) is 5.56 Å². The number of hydrogen-bond donors (Lipinski definition) is 2. The standard InChI is InChI=1S/C21H24N4O3/c1-21(2,3)18-14-19(25-28-18)24-20(26)23-16-4-6-17(7-5-16)27-13-10-15-8-11-22-12-9-15/h4-9,11-12,14H,10,13H2,1-3H3,(H2,23,24,25,26). The number of nitrogens with one attached hydrogen (secondary N) is 2. The zero-order chi connectivity index (χ0) is 20.0. The van der Waals surface area contributed by atoms with Crippen molar-refractivity contribution in [1.29, 1.82) is 0 Å². The van der Waals surface area contributed by atoms with Gasteiger partial charge in [-0.2, -0.15) is 0 Å². The quantitative estimate of drug-likeness (QED) is 0.651. The molecule has 0 spiro atoms. The van der Waals surface area contributed by atoms with Gasteiger partial charge in [0.15, 0.2) is 5.82 Å². The summed E-state index contributed by atoms with van der Waals surface area (Å²) in [6, 6.07) is 12.5. The monoisotopic (exact) mass is 380 g/mol. The summed E-state index contributed by atoms with van der Waals surface area (Å²) in [7, 11) is 0. The topological polar surface area (TPSA) is 89.3 Å². The Balaban J connectivity index is 1.47. The smallest absolute Gasteiger partial charge is 0.324 e.